The maximum absolute atomic E-state index is 11.9. The van der Waals surface area contributed by atoms with Crippen molar-refractivity contribution >= 4 is 12.1 Å². The number of alkyl carbamates (subject to hydrolysis) is 1. The molecule has 5 nitrogen and oxygen atoms in total. The molecule has 0 spiro atoms. The molecular weight excluding hydrogens is 270 g/mol. The van der Waals surface area contributed by atoms with Gasteiger partial charge < -0.3 is 15.2 Å². The smallest absolute Gasteiger partial charge is 0.407 e. The number of rotatable bonds is 5. The van der Waals surface area contributed by atoms with E-state index >= 15 is 0 Å². The highest BCUT2D eigenvalue weighted by Crippen LogP contribution is 2.34. The second-order valence-electron chi connectivity index (χ2n) is 7.08. The van der Waals surface area contributed by atoms with E-state index in [1.54, 1.807) is 0 Å². The van der Waals surface area contributed by atoms with Gasteiger partial charge in [0.2, 0.25) is 0 Å². The molecule has 1 aliphatic carbocycles. The third-order valence-corrected chi connectivity index (χ3v) is 3.93. The highest BCUT2D eigenvalue weighted by Gasteiger charge is 2.33. The number of amides is 1. The molecule has 122 valence electrons. The van der Waals surface area contributed by atoms with E-state index in [0.29, 0.717) is 5.92 Å². The Balaban J connectivity index is 2.61. The molecule has 1 aliphatic rings. The molecule has 0 bridgehead atoms. The molecular formula is C16H29NO4. The van der Waals surface area contributed by atoms with Crippen LogP contribution in [0.5, 0.6) is 0 Å². The first kappa shape index (κ1) is 17.8. The molecule has 5 heteroatoms. The van der Waals surface area contributed by atoms with Crippen molar-refractivity contribution < 1.29 is 19.4 Å². The summed E-state index contributed by atoms with van der Waals surface area (Å²) in [5.41, 5.74) is -0.536. The molecule has 1 amide bonds. The summed E-state index contributed by atoms with van der Waals surface area (Å²) in [5.74, 6) is -0.218. The molecule has 3 atom stereocenters. The van der Waals surface area contributed by atoms with E-state index in [1.165, 1.54) is 0 Å². The van der Waals surface area contributed by atoms with Crippen LogP contribution < -0.4 is 5.32 Å². The first-order chi connectivity index (χ1) is 9.71. The van der Waals surface area contributed by atoms with E-state index in [1.807, 2.05) is 20.8 Å². The van der Waals surface area contributed by atoms with Crippen LogP contribution in [-0.4, -0.2) is 28.8 Å². The quantitative estimate of drug-likeness (QED) is 0.813. The fourth-order valence-corrected chi connectivity index (χ4v) is 3.13. The van der Waals surface area contributed by atoms with Gasteiger partial charge in [-0.25, -0.2) is 4.79 Å². The van der Waals surface area contributed by atoms with E-state index in [2.05, 4.69) is 12.2 Å². The van der Waals surface area contributed by atoms with Crippen molar-refractivity contribution in [2.24, 2.45) is 11.8 Å². The maximum Gasteiger partial charge on any atom is 0.407 e. The minimum Gasteiger partial charge on any atom is -0.481 e. The second-order valence-corrected chi connectivity index (χ2v) is 7.08. The summed E-state index contributed by atoms with van der Waals surface area (Å²) in [6, 6.07) is -0.0935. The lowest BCUT2D eigenvalue weighted by Gasteiger charge is -2.36. The zero-order chi connectivity index (χ0) is 16.0. The van der Waals surface area contributed by atoms with Gasteiger partial charge in [0.1, 0.15) is 5.60 Å². The lowest BCUT2D eigenvalue weighted by atomic mass is 9.75. The highest BCUT2D eigenvalue weighted by molar-refractivity contribution is 5.69. The van der Waals surface area contributed by atoms with E-state index in [-0.39, 0.29) is 18.4 Å². The first-order valence-corrected chi connectivity index (χ1v) is 7.92. The minimum atomic E-state index is -0.798. The Morgan fingerprint density at radius 3 is 2.48 bits per heavy atom. The number of aliphatic carboxylic acids is 1. The summed E-state index contributed by atoms with van der Waals surface area (Å²) in [4.78, 5) is 22.9. The van der Waals surface area contributed by atoms with Crippen LogP contribution >= 0.6 is 0 Å². The van der Waals surface area contributed by atoms with Crippen LogP contribution in [0.1, 0.15) is 66.2 Å². The van der Waals surface area contributed by atoms with Crippen LogP contribution in [0.15, 0.2) is 0 Å². The summed E-state index contributed by atoms with van der Waals surface area (Å²) in [6.45, 7) is 7.61. The standard InChI is InChI=1S/C16H29NO4/c1-5-6-11-7-8-13(12(9-11)10-14(18)19)17-15(20)21-16(2,3)4/h11-13H,5-10H2,1-4H3,(H,17,20)(H,18,19). The van der Waals surface area contributed by atoms with Crippen molar-refractivity contribution in [1.29, 1.82) is 0 Å². The molecule has 0 aromatic rings. The Labute approximate surface area is 127 Å². The first-order valence-electron chi connectivity index (χ1n) is 7.92. The third kappa shape index (κ3) is 6.82. The van der Waals surface area contributed by atoms with Crippen molar-refractivity contribution in [3.05, 3.63) is 0 Å². The molecule has 0 aromatic carbocycles. The SMILES string of the molecule is CCCC1CCC(NC(=O)OC(C)(C)C)C(CC(=O)O)C1. The monoisotopic (exact) mass is 299 g/mol. The van der Waals surface area contributed by atoms with Crippen molar-refractivity contribution in [3.8, 4) is 0 Å². The fourth-order valence-electron chi connectivity index (χ4n) is 3.13. The van der Waals surface area contributed by atoms with Crippen LogP contribution in [0.2, 0.25) is 0 Å². The largest absolute Gasteiger partial charge is 0.481 e. The molecule has 0 aromatic heterocycles. The predicted molar refractivity (Wildman–Crippen MR) is 81.1 cm³/mol. The topological polar surface area (TPSA) is 75.6 Å². The van der Waals surface area contributed by atoms with Gasteiger partial charge in [-0.2, -0.15) is 0 Å². The number of carboxylic acid groups (broad SMARTS) is 1. The van der Waals surface area contributed by atoms with Gasteiger partial charge in [-0.1, -0.05) is 19.8 Å². The van der Waals surface area contributed by atoms with Gasteiger partial charge in [0, 0.05) is 6.04 Å². The summed E-state index contributed by atoms with van der Waals surface area (Å²) in [5, 5.41) is 11.9. The van der Waals surface area contributed by atoms with Gasteiger partial charge in [-0.15, -0.1) is 0 Å². The molecule has 21 heavy (non-hydrogen) atoms. The molecule has 3 unspecified atom stereocenters. The predicted octanol–water partition coefficient (Wildman–Crippen LogP) is 3.57. The van der Waals surface area contributed by atoms with E-state index < -0.39 is 17.7 Å². The van der Waals surface area contributed by atoms with Gasteiger partial charge in [-0.3, -0.25) is 4.79 Å². The van der Waals surface area contributed by atoms with Crippen LogP contribution in [-0.2, 0) is 9.53 Å². The molecule has 2 N–H and O–H groups in total. The van der Waals surface area contributed by atoms with E-state index in [9.17, 15) is 9.59 Å². The number of carbonyl (C=O) groups excluding carboxylic acids is 1. The van der Waals surface area contributed by atoms with Gasteiger partial charge in [0.15, 0.2) is 0 Å². The number of carbonyl (C=O) groups is 2. The van der Waals surface area contributed by atoms with Crippen molar-refractivity contribution in [2.75, 3.05) is 0 Å². The zero-order valence-electron chi connectivity index (χ0n) is 13.6. The molecule has 1 rings (SSSR count). The van der Waals surface area contributed by atoms with E-state index in [4.69, 9.17) is 9.84 Å². The zero-order valence-corrected chi connectivity index (χ0v) is 13.6. The van der Waals surface area contributed by atoms with Gasteiger partial charge >= 0.3 is 12.1 Å². The van der Waals surface area contributed by atoms with Crippen LogP contribution in [0.25, 0.3) is 0 Å². The lowest BCUT2D eigenvalue weighted by molar-refractivity contribution is -0.138. The lowest BCUT2D eigenvalue weighted by Crippen LogP contribution is -2.46. The highest BCUT2D eigenvalue weighted by atomic mass is 16.6. The third-order valence-electron chi connectivity index (χ3n) is 3.93. The molecule has 1 saturated carbocycles. The second kappa shape index (κ2) is 7.66. The number of ether oxygens (including phenoxy) is 1. The Morgan fingerprint density at radius 1 is 1.29 bits per heavy atom. The van der Waals surface area contributed by atoms with Gasteiger partial charge in [-0.05, 0) is 51.9 Å². The normalized spacial score (nSPS) is 26.2. The molecule has 0 radical (unpaired) electrons. The van der Waals surface area contributed by atoms with Crippen LogP contribution in [0, 0.1) is 11.8 Å². The van der Waals surface area contributed by atoms with E-state index in [0.717, 1.165) is 32.1 Å². The van der Waals surface area contributed by atoms with Gasteiger partial charge in [0.05, 0.1) is 6.42 Å². The molecule has 0 saturated heterocycles. The average Bonchev–Trinajstić information content (AvgIpc) is 2.29. The number of hydrogen-bond acceptors (Lipinski definition) is 3. The van der Waals surface area contributed by atoms with Crippen LogP contribution in [0.4, 0.5) is 4.79 Å². The van der Waals surface area contributed by atoms with Crippen LogP contribution in [0.3, 0.4) is 0 Å². The van der Waals surface area contributed by atoms with Gasteiger partial charge in [0.25, 0.3) is 0 Å². The Hall–Kier alpha value is -1.26. The van der Waals surface area contributed by atoms with Crippen molar-refractivity contribution in [3.63, 3.8) is 0 Å². The minimum absolute atomic E-state index is 0.000295. The Morgan fingerprint density at radius 2 is 1.95 bits per heavy atom. The summed E-state index contributed by atoms with van der Waals surface area (Å²) >= 11 is 0. The summed E-state index contributed by atoms with van der Waals surface area (Å²) < 4.78 is 5.27. The number of nitrogens with one attached hydrogen (secondary N) is 1. The molecule has 0 aliphatic heterocycles. The van der Waals surface area contributed by atoms with Crippen molar-refractivity contribution in [2.45, 2.75) is 77.9 Å². The molecule has 1 fully saturated rings. The summed E-state index contributed by atoms with van der Waals surface area (Å²) in [7, 11) is 0. The molecule has 0 heterocycles. The maximum atomic E-state index is 11.9. The fraction of sp³-hybridized carbons (Fsp3) is 0.875. The number of hydrogen-bond donors (Lipinski definition) is 2. The average molecular weight is 299 g/mol. The number of carboxylic acids is 1. The Bertz CT molecular complexity index is 362. The Kier molecular flexibility index (Phi) is 6.49. The van der Waals surface area contributed by atoms with Crippen molar-refractivity contribution in [1.82, 2.24) is 5.32 Å². The summed E-state index contributed by atoms with van der Waals surface area (Å²) in [6.07, 6.45) is 4.68.